The SMILES string of the molecule is Cc1ncc(C2CCc3c(F)cccc3N(Cc3c(F)cc(Br)cc3F)C2=O)cc1S(C)(=O)=O. The minimum atomic E-state index is -3.61. The van der Waals surface area contributed by atoms with Crippen LogP contribution in [0.5, 0.6) is 0 Å². The summed E-state index contributed by atoms with van der Waals surface area (Å²) in [7, 11) is -3.61. The average molecular weight is 553 g/mol. The number of aryl methyl sites for hydroxylation is 1. The van der Waals surface area contributed by atoms with E-state index < -0.39 is 45.7 Å². The molecule has 4 rings (SSSR count). The van der Waals surface area contributed by atoms with Crippen molar-refractivity contribution in [2.45, 2.75) is 37.1 Å². The molecule has 1 aliphatic heterocycles. The van der Waals surface area contributed by atoms with Crippen molar-refractivity contribution in [3.63, 3.8) is 0 Å². The molecule has 0 spiro atoms. The van der Waals surface area contributed by atoms with E-state index >= 15 is 0 Å². The van der Waals surface area contributed by atoms with Gasteiger partial charge in [-0.05, 0) is 55.7 Å². The lowest BCUT2D eigenvalue weighted by molar-refractivity contribution is -0.120. The number of amides is 1. The highest BCUT2D eigenvalue weighted by Gasteiger charge is 2.34. The molecule has 0 radical (unpaired) electrons. The molecule has 34 heavy (non-hydrogen) atoms. The Morgan fingerprint density at radius 3 is 2.44 bits per heavy atom. The Bertz CT molecular complexity index is 1390. The van der Waals surface area contributed by atoms with Gasteiger partial charge in [0.15, 0.2) is 9.84 Å². The van der Waals surface area contributed by atoms with Crippen LogP contribution < -0.4 is 4.90 Å². The lowest BCUT2D eigenvalue weighted by atomic mass is 9.93. The van der Waals surface area contributed by atoms with Crippen molar-refractivity contribution in [2.24, 2.45) is 0 Å². The second-order valence-electron chi connectivity index (χ2n) is 8.23. The van der Waals surface area contributed by atoms with E-state index in [4.69, 9.17) is 0 Å². The van der Waals surface area contributed by atoms with Gasteiger partial charge in [0.05, 0.1) is 28.7 Å². The summed E-state index contributed by atoms with van der Waals surface area (Å²) in [5, 5.41) is 0. The minimum Gasteiger partial charge on any atom is -0.307 e. The van der Waals surface area contributed by atoms with Gasteiger partial charge in [-0.15, -0.1) is 0 Å². The zero-order valence-corrected chi connectivity index (χ0v) is 20.7. The predicted octanol–water partition coefficient (Wildman–Crippen LogP) is 5.24. The second kappa shape index (κ2) is 9.14. The molecule has 2 aromatic carbocycles. The van der Waals surface area contributed by atoms with Gasteiger partial charge in [-0.25, -0.2) is 21.6 Å². The maximum Gasteiger partial charge on any atom is 0.234 e. The fraction of sp³-hybridized carbons (Fsp3) is 0.250. The minimum absolute atomic E-state index is 0.0118. The third-order valence-electron chi connectivity index (χ3n) is 5.92. The Hall–Kier alpha value is -2.72. The molecule has 3 aromatic rings. The molecule has 0 N–H and O–H groups in total. The van der Waals surface area contributed by atoms with Crippen molar-refractivity contribution in [3.05, 3.63) is 86.9 Å². The van der Waals surface area contributed by atoms with Gasteiger partial charge in [0.2, 0.25) is 5.91 Å². The van der Waals surface area contributed by atoms with Gasteiger partial charge in [0.1, 0.15) is 17.5 Å². The number of sulfone groups is 1. The monoisotopic (exact) mass is 552 g/mol. The Balaban J connectivity index is 1.84. The Morgan fingerprint density at radius 2 is 1.79 bits per heavy atom. The molecule has 1 aliphatic rings. The van der Waals surface area contributed by atoms with Crippen LogP contribution in [0.15, 0.2) is 52.0 Å². The lowest BCUT2D eigenvalue weighted by Crippen LogP contribution is -2.35. The fourth-order valence-corrected chi connectivity index (χ4v) is 5.56. The van der Waals surface area contributed by atoms with Gasteiger partial charge in [0, 0.05) is 28.1 Å². The van der Waals surface area contributed by atoms with Crippen LogP contribution in [0, 0.1) is 24.4 Å². The molecule has 1 amide bonds. The first-order valence-electron chi connectivity index (χ1n) is 10.4. The van der Waals surface area contributed by atoms with Crippen LogP contribution in [0.2, 0.25) is 0 Å². The summed E-state index contributed by atoms with van der Waals surface area (Å²) in [4.78, 5) is 19.0. The van der Waals surface area contributed by atoms with E-state index in [1.807, 2.05) is 0 Å². The smallest absolute Gasteiger partial charge is 0.234 e. The molecule has 0 fully saturated rings. The van der Waals surface area contributed by atoms with Gasteiger partial charge in [-0.2, -0.15) is 0 Å². The summed E-state index contributed by atoms with van der Waals surface area (Å²) < 4.78 is 68.6. The standard InChI is InChI=1S/C24H20BrF3N2O3S/c1-13-23(34(2,32)33)8-14(11-29-13)16-6-7-17-19(26)4-3-5-22(17)30(24(16)31)12-18-20(27)9-15(25)10-21(18)28/h3-5,8-11,16H,6-7,12H2,1-2H3. The number of rotatable bonds is 4. The van der Waals surface area contributed by atoms with Gasteiger partial charge in [0.25, 0.3) is 0 Å². The van der Waals surface area contributed by atoms with Crippen LogP contribution in [0.25, 0.3) is 0 Å². The van der Waals surface area contributed by atoms with E-state index in [0.29, 0.717) is 5.56 Å². The van der Waals surface area contributed by atoms with Crippen molar-refractivity contribution >= 4 is 37.4 Å². The molecular weight excluding hydrogens is 533 g/mol. The number of nitrogens with zero attached hydrogens (tertiary/aromatic N) is 2. The normalized spacial score (nSPS) is 16.4. The molecule has 1 atom stereocenters. The third-order valence-corrected chi connectivity index (χ3v) is 7.59. The molecule has 1 aromatic heterocycles. The number of pyridine rings is 1. The zero-order chi connectivity index (χ0) is 24.8. The number of fused-ring (bicyclic) bond motifs is 1. The zero-order valence-electron chi connectivity index (χ0n) is 18.3. The molecule has 2 heterocycles. The molecule has 5 nitrogen and oxygen atoms in total. The largest absolute Gasteiger partial charge is 0.307 e. The van der Waals surface area contributed by atoms with Gasteiger partial charge < -0.3 is 4.90 Å². The highest BCUT2D eigenvalue weighted by Crippen LogP contribution is 2.37. The third kappa shape index (κ3) is 4.61. The van der Waals surface area contributed by atoms with Crippen molar-refractivity contribution < 1.29 is 26.4 Å². The van der Waals surface area contributed by atoms with Crippen LogP contribution >= 0.6 is 15.9 Å². The van der Waals surface area contributed by atoms with E-state index in [-0.39, 0.29) is 44.7 Å². The first-order valence-corrected chi connectivity index (χ1v) is 13.0. The first-order chi connectivity index (χ1) is 16.0. The van der Waals surface area contributed by atoms with Crippen molar-refractivity contribution in [1.82, 2.24) is 4.98 Å². The Labute approximate surface area is 203 Å². The Kier molecular flexibility index (Phi) is 6.56. The summed E-state index contributed by atoms with van der Waals surface area (Å²) in [5.41, 5.74) is 0.757. The number of benzene rings is 2. The second-order valence-corrected chi connectivity index (χ2v) is 11.1. The molecule has 0 aliphatic carbocycles. The fourth-order valence-electron chi connectivity index (χ4n) is 4.21. The number of carbonyl (C=O) groups excluding carboxylic acids is 1. The molecule has 10 heteroatoms. The van der Waals surface area contributed by atoms with Crippen LogP contribution in [-0.4, -0.2) is 25.6 Å². The molecule has 0 bridgehead atoms. The number of anilines is 1. The predicted molar refractivity (Wildman–Crippen MR) is 125 cm³/mol. The van der Waals surface area contributed by atoms with Crippen molar-refractivity contribution in [2.75, 3.05) is 11.2 Å². The lowest BCUT2D eigenvalue weighted by Gasteiger charge is -2.27. The van der Waals surface area contributed by atoms with Crippen molar-refractivity contribution in [3.8, 4) is 0 Å². The van der Waals surface area contributed by atoms with E-state index in [2.05, 4.69) is 20.9 Å². The van der Waals surface area contributed by atoms with E-state index in [9.17, 15) is 26.4 Å². The van der Waals surface area contributed by atoms with E-state index in [0.717, 1.165) is 23.3 Å². The number of hydrogen-bond acceptors (Lipinski definition) is 4. The van der Waals surface area contributed by atoms with Crippen LogP contribution in [0.4, 0.5) is 18.9 Å². The average Bonchev–Trinajstić information content (AvgIpc) is 2.88. The number of hydrogen-bond donors (Lipinski definition) is 0. The maximum absolute atomic E-state index is 14.7. The van der Waals surface area contributed by atoms with Crippen LogP contribution in [0.1, 0.15) is 34.7 Å². The summed E-state index contributed by atoms with van der Waals surface area (Å²) in [5.74, 6) is -3.66. The highest BCUT2D eigenvalue weighted by molar-refractivity contribution is 9.10. The summed E-state index contributed by atoms with van der Waals surface area (Å²) >= 11 is 3.03. The molecule has 1 unspecified atom stereocenters. The van der Waals surface area contributed by atoms with Crippen LogP contribution in [-0.2, 0) is 27.6 Å². The summed E-state index contributed by atoms with van der Waals surface area (Å²) in [6.45, 7) is 1.08. The van der Waals surface area contributed by atoms with Gasteiger partial charge >= 0.3 is 0 Å². The highest BCUT2D eigenvalue weighted by atomic mass is 79.9. The van der Waals surface area contributed by atoms with Crippen LogP contribution in [0.3, 0.4) is 0 Å². The molecule has 178 valence electrons. The van der Waals surface area contributed by atoms with Gasteiger partial charge in [-0.1, -0.05) is 22.0 Å². The molecule has 0 saturated heterocycles. The maximum atomic E-state index is 14.7. The molecular formula is C24H20BrF3N2O3S. The first kappa shape index (κ1) is 24.4. The number of carbonyl (C=O) groups is 1. The number of aromatic nitrogens is 1. The molecule has 0 saturated carbocycles. The number of halogens is 4. The topological polar surface area (TPSA) is 67.3 Å². The van der Waals surface area contributed by atoms with E-state index in [1.54, 1.807) is 6.92 Å². The summed E-state index contributed by atoms with van der Waals surface area (Å²) in [6, 6.07) is 7.80. The van der Waals surface area contributed by atoms with Crippen molar-refractivity contribution in [1.29, 1.82) is 0 Å². The Morgan fingerprint density at radius 1 is 1.12 bits per heavy atom. The van der Waals surface area contributed by atoms with Gasteiger partial charge in [-0.3, -0.25) is 9.78 Å². The summed E-state index contributed by atoms with van der Waals surface area (Å²) in [6.07, 6.45) is 2.80. The quantitative estimate of drug-likeness (QED) is 0.444. The van der Waals surface area contributed by atoms with E-state index in [1.165, 1.54) is 30.5 Å².